The lowest BCUT2D eigenvalue weighted by Gasteiger charge is -2.08. The van der Waals surface area contributed by atoms with Gasteiger partial charge in [-0.3, -0.25) is 0 Å². The van der Waals surface area contributed by atoms with Gasteiger partial charge in [-0.2, -0.15) is 0 Å². The number of methoxy groups -OCH3 is 1. The monoisotopic (exact) mass is 295 g/mol. The molecule has 0 aliphatic heterocycles. The van der Waals surface area contributed by atoms with Gasteiger partial charge in [-0.25, -0.2) is 11.4 Å². The molecule has 0 N–H and O–H groups in total. The zero-order valence-electron chi connectivity index (χ0n) is 12.4. The molecule has 4 nitrogen and oxygen atoms in total. The number of ether oxygens (including phenoxy) is 2. The maximum Gasteiger partial charge on any atom is 0.390 e. The molecule has 0 fully saturated rings. The molecule has 22 heavy (non-hydrogen) atoms. The summed E-state index contributed by atoms with van der Waals surface area (Å²) in [5.41, 5.74) is 2.00. The molecule has 2 aromatic rings. The molecule has 0 aliphatic rings. The minimum atomic E-state index is -0.791. The summed E-state index contributed by atoms with van der Waals surface area (Å²) >= 11 is 0. The molecule has 0 saturated heterocycles. The van der Waals surface area contributed by atoms with Crippen LogP contribution in [0.5, 0.6) is 5.75 Å². The van der Waals surface area contributed by atoms with Crippen LogP contribution in [-0.2, 0) is 22.6 Å². The smallest absolute Gasteiger partial charge is 0.390 e. The second-order valence-corrected chi connectivity index (χ2v) is 4.79. The Balaban J connectivity index is 1.93. The van der Waals surface area contributed by atoms with Crippen LogP contribution in [0.25, 0.3) is 4.85 Å². The van der Waals surface area contributed by atoms with Crippen molar-refractivity contribution in [2.45, 2.75) is 19.1 Å². The van der Waals surface area contributed by atoms with Gasteiger partial charge in [0.2, 0.25) is 0 Å². The van der Waals surface area contributed by atoms with E-state index in [4.69, 9.17) is 11.3 Å². The molecule has 0 radical (unpaired) electrons. The molecule has 0 bridgehead atoms. The fourth-order valence-electron chi connectivity index (χ4n) is 2.00. The Morgan fingerprint density at radius 3 is 2.36 bits per heavy atom. The summed E-state index contributed by atoms with van der Waals surface area (Å²) in [6, 6.07) is 16.5. The van der Waals surface area contributed by atoms with E-state index in [1.54, 1.807) is 0 Å². The van der Waals surface area contributed by atoms with E-state index in [1.165, 1.54) is 7.11 Å². The van der Waals surface area contributed by atoms with Crippen molar-refractivity contribution in [1.82, 2.24) is 0 Å². The second-order valence-electron chi connectivity index (χ2n) is 4.79. The van der Waals surface area contributed by atoms with Gasteiger partial charge in [-0.15, -0.1) is 0 Å². The molecule has 0 aliphatic carbocycles. The quantitative estimate of drug-likeness (QED) is 0.606. The van der Waals surface area contributed by atoms with Gasteiger partial charge in [0, 0.05) is 0 Å². The first-order valence-electron chi connectivity index (χ1n) is 6.93. The molecular weight excluding hydrogens is 278 g/mol. The Morgan fingerprint density at radius 1 is 1.09 bits per heavy atom. The topological polar surface area (TPSA) is 39.9 Å². The van der Waals surface area contributed by atoms with Crippen molar-refractivity contribution in [1.29, 1.82) is 0 Å². The van der Waals surface area contributed by atoms with Crippen molar-refractivity contribution >= 4 is 5.97 Å². The molecule has 4 heteroatoms. The largest absolute Gasteiger partial charge is 0.489 e. The first-order valence-corrected chi connectivity index (χ1v) is 6.93. The summed E-state index contributed by atoms with van der Waals surface area (Å²) in [7, 11) is 1.29. The molecule has 0 heterocycles. The van der Waals surface area contributed by atoms with Crippen LogP contribution in [0.4, 0.5) is 0 Å². The van der Waals surface area contributed by atoms with Crippen LogP contribution in [0.1, 0.15) is 11.1 Å². The van der Waals surface area contributed by atoms with Crippen LogP contribution in [0.2, 0.25) is 0 Å². The highest BCUT2D eigenvalue weighted by molar-refractivity contribution is 5.77. The van der Waals surface area contributed by atoms with E-state index < -0.39 is 12.0 Å². The van der Waals surface area contributed by atoms with E-state index in [0.29, 0.717) is 13.0 Å². The number of esters is 1. The standard InChI is InChI=1S/C18H17NO3/c1-19-17(18(20)21-2)12-14-8-10-16(11-9-14)22-13-15-6-4-3-5-7-15/h3-11,17H,12-13H2,2H3/t17-/m1/s1. The van der Waals surface area contributed by atoms with E-state index in [0.717, 1.165) is 16.9 Å². The summed E-state index contributed by atoms with van der Waals surface area (Å²) in [4.78, 5) is 14.7. The summed E-state index contributed by atoms with van der Waals surface area (Å²) < 4.78 is 10.3. The van der Waals surface area contributed by atoms with Crippen molar-refractivity contribution in [3.63, 3.8) is 0 Å². The zero-order chi connectivity index (χ0) is 15.8. The van der Waals surface area contributed by atoms with Gasteiger partial charge >= 0.3 is 12.0 Å². The summed E-state index contributed by atoms with van der Waals surface area (Å²) in [5, 5.41) is 0. The molecular formula is C18H17NO3. The van der Waals surface area contributed by atoms with Crippen molar-refractivity contribution in [3.05, 3.63) is 77.1 Å². The highest BCUT2D eigenvalue weighted by Crippen LogP contribution is 2.16. The van der Waals surface area contributed by atoms with E-state index in [1.807, 2.05) is 54.6 Å². The molecule has 2 rings (SSSR count). The van der Waals surface area contributed by atoms with Crippen molar-refractivity contribution in [2.24, 2.45) is 0 Å². The maximum atomic E-state index is 11.4. The number of carbonyl (C=O) groups is 1. The third-order valence-corrected chi connectivity index (χ3v) is 3.23. The molecule has 112 valence electrons. The Morgan fingerprint density at radius 2 is 1.77 bits per heavy atom. The molecule has 0 spiro atoms. The van der Waals surface area contributed by atoms with E-state index >= 15 is 0 Å². The van der Waals surface area contributed by atoms with Crippen LogP contribution in [0, 0.1) is 6.57 Å². The lowest BCUT2D eigenvalue weighted by atomic mass is 10.1. The van der Waals surface area contributed by atoms with Crippen LogP contribution < -0.4 is 4.74 Å². The van der Waals surface area contributed by atoms with Crippen molar-refractivity contribution < 1.29 is 14.3 Å². The van der Waals surface area contributed by atoms with Crippen LogP contribution in [-0.4, -0.2) is 19.1 Å². The number of carbonyl (C=O) groups excluding carboxylic acids is 1. The normalized spacial score (nSPS) is 11.3. The van der Waals surface area contributed by atoms with Gasteiger partial charge in [0.25, 0.3) is 0 Å². The highest BCUT2D eigenvalue weighted by Gasteiger charge is 2.24. The number of nitrogens with zero attached hydrogens (tertiary/aromatic N) is 1. The van der Waals surface area contributed by atoms with Crippen molar-refractivity contribution in [3.8, 4) is 5.75 Å². The lowest BCUT2D eigenvalue weighted by molar-refractivity contribution is -0.141. The maximum absolute atomic E-state index is 11.4. The van der Waals surface area contributed by atoms with Crippen LogP contribution in [0.15, 0.2) is 54.6 Å². The first kappa shape index (κ1) is 15.6. The molecule has 0 unspecified atom stereocenters. The molecule has 0 aromatic heterocycles. The third-order valence-electron chi connectivity index (χ3n) is 3.23. The SMILES string of the molecule is [C-]#[N+][C@H](Cc1ccc(OCc2ccccc2)cc1)C(=O)OC. The van der Waals surface area contributed by atoms with Gasteiger partial charge < -0.3 is 14.3 Å². The van der Waals surface area contributed by atoms with E-state index in [9.17, 15) is 4.79 Å². The molecule has 2 aromatic carbocycles. The number of rotatable bonds is 6. The van der Waals surface area contributed by atoms with Crippen molar-refractivity contribution in [2.75, 3.05) is 7.11 Å². The summed E-state index contributed by atoms with van der Waals surface area (Å²) in [6.45, 7) is 7.55. The molecule has 0 amide bonds. The Labute approximate surface area is 130 Å². The third kappa shape index (κ3) is 4.35. The fourth-order valence-corrected chi connectivity index (χ4v) is 2.00. The predicted molar refractivity (Wildman–Crippen MR) is 83.3 cm³/mol. The van der Waals surface area contributed by atoms with Gasteiger partial charge in [-0.1, -0.05) is 42.5 Å². The summed E-state index contributed by atoms with van der Waals surface area (Å²) in [5.74, 6) is 0.254. The van der Waals surface area contributed by atoms with Gasteiger partial charge in [0.15, 0.2) is 0 Å². The second kappa shape index (κ2) is 7.84. The number of hydrogen-bond acceptors (Lipinski definition) is 3. The zero-order valence-corrected chi connectivity index (χ0v) is 12.4. The Bertz CT molecular complexity index is 644. The van der Waals surface area contributed by atoms with Crippen LogP contribution >= 0.6 is 0 Å². The van der Waals surface area contributed by atoms with E-state index in [2.05, 4.69) is 9.58 Å². The van der Waals surface area contributed by atoms with Gasteiger partial charge in [-0.05, 0) is 23.3 Å². The Hall–Kier alpha value is -2.80. The lowest BCUT2D eigenvalue weighted by Crippen LogP contribution is -2.20. The average Bonchev–Trinajstić information content (AvgIpc) is 2.59. The minimum Gasteiger partial charge on any atom is -0.489 e. The summed E-state index contributed by atoms with van der Waals surface area (Å²) in [6.07, 6.45) is 0.342. The van der Waals surface area contributed by atoms with Crippen LogP contribution in [0.3, 0.4) is 0 Å². The number of hydrogen-bond donors (Lipinski definition) is 0. The molecule has 0 saturated carbocycles. The van der Waals surface area contributed by atoms with Gasteiger partial charge in [0.1, 0.15) is 12.4 Å². The first-order chi connectivity index (χ1) is 10.7. The molecule has 1 atom stereocenters. The number of benzene rings is 2. The average molecular weight is 295 g/mol. The van der Waals surface area contributed by atoms with Gasteiger partial charge in [0.05, 0.1) is 13.5 Å². The van der Waals surface area contributed by atoms with E-state index in [-0.39, 0.29) is 0 Å². The fraction of sp³-hybridized carbons (Fsp3) is 0.222. The minimum absolute atomic E-state index is 0.342. The Kier molecular flexibility index (Phi) is 5.56. The predicted octanol–water partition coefficient (Wildman–Crippen LogP) is 3.27. The highest BCUT2D eigenvalue weighted by atomic mass is 16.5.